The Hall–Kier alpha value is -2.41. The van der Waals surface area contributed by atoms with Crippen molar-refractivity contribution in [2.24, 2.45) is 0 Å². The standard InChI is InChI=1S/C25H30ClN5S/c1-16-17(2)31(20-10-8-9-19(26)15-20)18(3)22(16)24-23(21-11-6-7-12-27-21)28-25(32)30(24)14-13-29(4)5/h6-12,15,23-24H,13-14H2,1-5H3,(H,28,32)/t23-,24+/m0/s1. The third-order valence-electron chi connectivity index (χ3n) is 6.36. The predicted molar refractivity (Wildman–Crippen MR) is 136 cm³/mol. The lowest BCUT2D eigenvalue weighted by Crippen LogP contribution is -2.35. The Morgan fingerprint density at radius 2 is 1.88 bits per heavy atom. The maximum Gasteiger partial charge on any atom is 0.170 e. The highest BCUT2D eigenvalue weighted by molar-refractivity contribution is 7.80. The van der Waals surface area contributed by atoms with Crippen LogP contribution in [0.3, 0.4) is 0 Å². The maximum atomic E-state index is 6.33. The molecule has 1 aromatic carbocycles. The maximum absolute atomic E-state index is 6.33. The SMILES string of the molecule is Cc1c([C@@H]2[C@H](c3ccccn3)NC(=S)N2CCN(C)C)c(C)n(-c2cccc(Cl)c2)c1C. The summed E-state index contributed by atoms with van der Waals surface area (Å²) >= 11 is 12.2. The smallest absolute Gasteiger partial charge is 0.170 e. The average Bonchev–Trinajstić information content (AvgIpc) is 3.19. The Morgan fingerprint density at radius 3 is 2.53 bits per heavy atom. The molecule has 0 unspecified atom stereocenters. The fourth-order valence-electron chi connectivity index (χ4n) is 4.71. The molecule has 1 aliphatic rings. The van der Waals surface area contributed by atoms with Gasteiger partial charge in [-0.1, -0.05) is 23.7 Å². The van der Waals surface area contributed by atoms with Crippen molar-refractivity contribution in [2.75, 3.05) is 27.2 Å². The molecule has 2 aromatic heterocycles. The molecule has 2 atom stereocenters. The minimum absolute atomic E-state index is 0.0159. The summed E-state index contributed by atoms with van der Waals surface area (Å²) in [7, 11) is 4.18. The normalized spacial score (nSPS) is 18.5. The van der Waals surface area contributed by atoms with Gasteiger partial charge in [0, 0.05) is 46.9 Å². The zero-order valence-corrected chi connectivity index (χ0v) is 20.8. The molecule has 4 rings (SSSR count). The first-order chi connectivity index (χ1) is 15.3. The van der Waals surface area contributed by atoms with Crippen LogP contribution in [0.1, 0.15) is 40.3 Å². The van der Waals surface area contributed by atoms with E-state index in [4.69, 9.17) is 23.8 Å². The Labute approximate surface area is 201 Å². The quantitative estimate of drug-likeness (QED) is 0.517. The van der Waals surface area contributed by atoms with Gasteiger partial charge in [0.1, 0.15) is 0 Å². The van der Waals surface area contributed by atoms with Crippen molar-refractivity contribution in [1.82, 2.24) is 24.7 Å². The first kappa shape index (κ1) is 22.8. The molecule has 0 bridgehead atoms. The number of hydrogen-bond acceptors (Lipinski definition) is 3. The summed E-state index contributed by atoms with van der Waals surface area (Å²) in [6.07, 6.45) is 1.85. The van der Waals surface area contributed by atoms with Crippen molar-refractivity contribution < 1.29 is 0 Å². The second-order valence-electron chi connectivity index (χ2n) is 8.65. The third-order valence-corrected chi connectivity index (χ3v) is 6.94. The molecule has 0 saturated carbocycles. The van der Waals surface area contributed by atoms with Gasteiger partial charge in [-0.15, -0.1) is 0 Å². The first-order valence-electron chi connectivity index (χ1n) is 10.9. The zero-order chi connectivity index (χ0) is 23.0. The molecule has 3 aromatic rings. The lowest BCUT2D eigenvalue weighted by molar-refractivity contribution is 0.276. The summed E-state index contributed by atoms with van der Waals surface area (Å²) in [6, 6.07) is 14.1. The van der Waals surface area contributed by atoms with Gasteiger partial charge in [-0.25, -0.2) is 0 Å². The van der Waals surface area contributed by atoms with E-state index in [1.165, 1.54) is 22.5 Å². The average molecular weight is 468 g/mol. The molecule has 0 amide bonds. The Balaban J connectivity index is 1.87. The number of aromatic nitrogens is 2. The monoisotopic (exact) mass is 467 g/mol. The number of benzene rings is 1. The molecule has 1 aliphatic heterocycles. The van der Waals surface area contributed by atoms with E-state index in [1.54, 1.807) is 0 Å². The van der Waals surface area contributed by atoms with E-state index in [0.717, 1.165) is 34.6 Å². The van der Waals surface area contributed by atoms with Crippen LogP contribution in [0, 0.1) is 20.8 Å². The molecular weight excluding hydrogens is 438 g/mol. The van der Waals surface area contributed by atoms with Gasteiger partial charge in [0.15, 0.2) is 5.11 Å². The van der Waals surface area contributed by atoms with Crippen LogP contribution < -0.4 is 5.32 Å². The summed E-state index contributed by atoms with van der Waals surface area (Å²) < 4.78 is 2.30. The number of nitrogens with one attached hydrogen (secondary N) is 1. The summed E-state index contributed by atoms with van der Waals surface area (Å²) in [6.45, 7) is 8.33. The third kappa shape index (κ3) is 4.15. The molecule has 5 nitrogen and oxygen atoms in total. The fourth-order valence-corrected chi connectivity index (χ4v) is 5.23. The number of likely N-dealkylation sites (N-methyl/N-ethyl adjacent to an activating group) is 1. The van der Waals surface area contributed by atoms with Crippen LogP contribution in [0.5, 0.6) is 0 Å². The van der Waals surface area contributed by atoms with Gasteiger partial charge < -0.3 is 19.7 Å². The van der Waals surface area contributed by atoms with Gasteiger partial charge in [-0.05, 0) is 83.0 Å². The van der Waals surface area contributed by atoms with E-state index in [2.05, 4.69) is 71.7 Å². The van der Waals surface area contributed by atoms with Gasteiger partial charge in [-0.2, -0.15) is 0 Å². The topological polar surface area (TPSA) is 36.3 Å². The molecule has 0 spiro atoms. The van der Waals surface area contributed by atoms with Gasteiger partial charge >= 0.3 is 0 Å². The van der Waals surface area contributed by atoms with Crippen LogP contribution in [-0.2, 0) is 0 Å². The summed E-state index contributed by atoms with van der Waals surface area (Å²) in [4.78, 5) is 9.19. The lowest BCUT2D eigenvalue weighted by atomic mass is 9.93. The number of thiocarbonyl (C=S) groups is 1. The molecule has 1 N–H and O–H groups in total. The highest BCUT2D eigenvalue weighted by Crippen LogP contribution is 2.43. The Morgan fingerprint density at radius 1 is 1.09 bits per heavy atom. The molecular formula is C25H30ClN5S. The van der Waals surface area contributed by atoms with E-state index < -0.39 is 0 Å². The van der Waals surface area contributed by atoms with E-state index >= 15 is 0 Å². The Kier molecular flexibility index (Phi) is 6.56. The van der Waals surface area contributed by atoms with Crippen LogP contribution in [0.15, 0.2) is 48.7 Å². The van der Waals surface area contributed by atoms with Gasteiger partial charge in [0.2, 0.25) is 0 Å². The lowest BCUT2D eigenvalue weighted by Gasteiger charge is -2.29. The van der Waals surface area contributed by atoms with Gasteiger partial charge in [-0.3, -0.25) is 4.98 Å². The molecule has 32 heavy (non-hydrogen) atoms. The molecule has 3 heterocycles. The summed E-state index contributed by atoms with van der Waals surface area (Å²) in [5.74, 6) is 0. The minimum Gasteiger partial charge on any atom is -0.352 e. The highest BCUT2D eigenvalue weighted by atomic mass is 35.5. The molecule has 168 valence electrons. The fraction of sp³-hybridized carbons (Fsp3) is 0.360. The van der Waals surface area contributed by atoms with Gasteiger partial charge in [0.05, 0.1) is 17.8 Å². The molecule has 0 aliphatic carbocycles. The largest absolute Gasteiger partial charge is 0.352 e. The number of nitrogens with zero attached hydrogens (tertiary/aromatic N) is 4. The van der Waals surface area contributed by atoms with Crippen LogP contribution in [0.4, 0.5) is 0 Å². The van der Waals surface area contributed by atoms with Crippen molar-refractivity contribution >= 4 is 28.9 Å². The van der Waals surface area contributed by atoms with Crippen LogP contribution in [0.25, 0.3) is 5.69 Å². The van der Waals surface area contributed by atoms with E-state index in [9.17, 15) is 0 Å². The van der Waals surface area contributed by atoms with Crippen molar-refractivity contribution in [1.29, 1.82) is 0 Å². The molecule has 1 fully saturated rings. The highest BCUT2D eigenvalue weighted by Gasteiger charge is 2.42. The number of hydrogen-bond donors (Lipinski definition) is 1. The van der Waals surface area contributed by atoms with Crippen LogP contribution in [-0.4, -0.2) is 51.6 Å². The summed E-state index contributed by atoms with van der Waals surface area (Å²) in [5.41, 5.74) is 7.06. The van der Waals surface area contributed by atoms with Crippen molar-refractivity contribution in [3.8, 4) is 5.69 Å². The van der Waals surface area contributed by atoms with E-state index in [-0.39, 0.29) is 12.1 Å². The second-order valence-corrected chi connectivity index (χ2v) is 9.47. The second kappa shape index (κ2) is 9.22. The molecule has 0 radical (unpaired) electrons. The molecule has 7 heteroatoms. The number of rotatable bonds is 6. The van der Waals surface area contributed by atoms with Crippen molar-refractivity contribution in [3.63, 3.8) is 0 Å². The number of halogens is 1. The summed E-state index contributed by atoms with van der Waals surface area (Å²) in [5, 5.41) is 5.08. The Bertz CT molecular complexity index is 1120. The van der Waals surface area contributed by atoms with Crippen LogP contribution >= 0.6 is 23.8 Å². The minimum atomic E-state index is -0.0159. The van der Waals surface area contributed by atoms with Gasteiger partial charge in [0.25, 0.3) is 0 Å². The van der Waals surface area contributed by atoms with E-state index in [1.807, 2.05) is 36.5 Å². The number of pyridine rings is 1. The van der Waals surface area contributed by atoms with E-state index in [0.29, 0.717) is 0 Å². The van der Waals surface area contributed by atoms with Crippen molar-refractivity contribution in [2.45, 2.75) is 32.9 Å². The molecule has 1 saturated heterocycles. The predicted octanol–water partition coefficient (Wildman–Crippen LogP) is 4.99. The van der Waals surface area contributed by atoms with Crippen molar-refractivity contribution in [3.05, 3.63) is 81.9 Å². The zero-order valence-electron chi connectivity index (χ0n) is 19.3. The first-order valence-corrected chi connectivity index (χ1v) is 11.7. The van der Waals surface area contributed by atoms with Crippen LogP contribution in [0.2, 0.25) is 5.02 Å².